The minimum Gasteiger partial charge on any atom is -0.466 e. The number of hydrogen-bond donors (Lipinski definition) is 1. The number of esters is 1. The van der Waals surface area contributed by atoms with Gasteiger partial charge in [-0.05, 0) is 48.7 Å². The Kier molecular flexibility index (Phi) is 6.73. The molecule has 0 heterocycles. The lowest BCUT2D eigenvalue weighted by Crippen LogP contribution is -2.25. The predicted molar refractivity (Wildman–Crippen MR) is 94.8 cm³/mol. The minimum atomic E-state index is -0.247. The Morgan fingerprint density at radius 2 is 1.64 bits per heavy atom. The maximum absolute atomic E-state index is 12.1. The molecule has 0 spiro atoms. The van der Waals surface area contributed by atoms with Crippen LogP contribution < -0.4 is 5.32 Å². The summed E-state index contributed by atoms with van der Waals surface area (Å²) in [6, 6.07) is 16.6. The molecule has 2 aromatic rings. The summed E-state index contributed by atoms with van der Waals surface area (Å²) < 4.78 is 4.83. The number of nitrogens with zero attached hydrogens (tertiary/aromatic N) is 1. The lowest BCUT2D eigenvalue weighted by Gasteiger charge is -2.07. The maximum atomic E-state index is 12.1. The van der Waals surface area contributed by atoms with Crippen LogP contribution in [0, 0.1) is 11.3 Å². The molecule has 0 radical (unpaired) electrons. The zero-order chi connectivity index (χ0) is 18.1. The molecule has 0 aliphatic rings. The molecular formula is C20H20N2O3. The summed E-state index contributed by atoms with van der Waals surface area (Å²) in [6.45, 7) is 2.56. The third-order valence-electron chi connectivity index (χ3n) is 3.64. The monoisotopic (exact) mass is 336 g/mol. The highest BCUT2D eigenvalue weighted by atomic mass is 16.5. The number of hydrogen-bond acceptors (Lipinski definition) is 4. The first-order valence-electron chi connectivity index (χ1n) is 8.18. The van der Waals surface area contributed by atoms with Crippen LogP contribution in [-0.2, 0) is 9.53 Å². The van der Waals surface area contributed by atoms with Gasteiger partial charge in [0.25, 0.3) is 5.91 Å². The van der Waals surface area contributed by atoms with Crippen molar-refractivity contribution >= 4 is 11.9 Å². The van der Waals surface area contributed by atoms with Gasteiger partial charge in [-0.3, -0.25) is 9.59 Å². The molecule has 2 rings (SSSR count). The van der Waals surface area contributed by atoms with E-state index in [4.69, 9.17) is 10.00 Å². The summed E-state index contributed by atoms with van der Waals surface area (Å²) in [5, 5.41) is 11.6. The Hall–Kier alpha value is -3.13. The molecule has 5 heteroatoms. The molecule has 0 bridgehead atoms. The predicted octanol–water partition coefficient (Wildman–Crippen LogP) is 3.30. The van der Waals surface area contributed by atoms with Crippen molar-refractivity contribution < 1.29 is 14.3 Å². The van der Waals surface area contributed by atoms with Gasteiger partial charge in [0.1, 0.15) is 0 Å². The van der Waals surface area contributed by atoms with Crippen LogP contribution in [-0.4, -0.2) is 25.0 Å². The summed E-state index contributed by atoms with van der Waals surface area (Å²) >= 11 is 0. The minimum absolute atomic E-state index is 0.171. The highest BCUT2D eigenvalue weighted by Crippen LogP contribution is 2.20. The average molecular weight is 336 g/mol. The van der Waals surface area contributed by atoms with Gasteiger partial charge >= 0.3 is 5.97 Å². The van der Waals surface area contributed by atoms with E-state index < -0.39 is 0 Å². The molecule has 1 N–H and O–H groups in total. The molecular weight excluding hydrogens is 316 g/mol. The van der Waals surface area contributed by atoms with Crippen molar-refractivity contribution in [2.24, 2.45) is 0 Å². The second kappa shape index (κ2) is 9.24. The molecule has 5 nitrogen and oxygen atoms in total. The number of carbonyl (C=O) groups excluding carboxylic acids is 2. The van der Waals surface area contributed by atoms with E-state index in [0.29, 0.717) is 37.1 Å². The Morgan fingerprint density at radius 3 is 2.20 bits per heavy atom. The number of amides is 1. The fraction of sp³-hybridized carbons (Fsp3) is 0.250. The van der Waals surface area contributed by atoms with Crippen molar-refractivity contribution in [3.05, 3.63) is 59.7 Å². The lowest BCUT2D eigenvalue weighted by molar-refractivity contribution is -0.143. The lowest BCUT2D eigenvalue weighted by atomic mass is 10.0. The fourth-order valence-corrected chi connectivity index (χ4v) is 2.32. The van der Waals surface area contributed by atoms with Crippen LogP contribution in [0.4, 0.5) is 0 Å². The van der Waals surface area contributed by atoms with Crippen LogP contribution in [0.1, 0.15) is 35.7 Å². The van der Waals surface area contributed by atoms with Crippen LogP contribution in [0.3, 0.4) is 0 Å². The van der Waals surface area contributed by atoms with Crippen molar-refractivity contribution in [1.29, 1.82) is 5.26 Å². The molecule has 25 heavy (non-hydrogen) atoms. The highest BCUT2D eigenvalue weighted by Gasteiger charge is 2.07. The second-order valence-corrected chi connectivity index (χ2v) is 5.43. The maximum Gasteiger partial charge on any atom is 0.305 e. The quantitative estimate of drug-likeness (QED) is 0.621. The number of ether oxygens (including phenoxy) is 1. The Bertz CT molecular complexity index is 759. The fourth-order valence-electron chi connectivity index (χ4n) is 2.32. The van der Waals surface area contributed by atoms with Crippen molar-refractivity contribution in [2.45, 2.75) is 19.8 Å². The summed E-state index contributed by atoms with van der Waals surface area (Å²) in [5.41, 5.74) is 3.14. The van der Waals surface area contributed by atoms with E-state index in [2.05, 4.69) is 11.4 Å². The van der Waals surface area contributed by atoms with Crippen LogP contribution >= 0.6 is 0 Å². The third kappa shape index (κ3) is 5.47. The van der Waals surface area contributed by atoms with Crippen molar-refractivity contribution in [1.82, 2.24) is 5.32 Å². The van der Waals surface area contributed by atoms with Crippen LogP contribution in [0.25, 0.3) is 11.1 Å². The van der Waals surface area contributed by atoms with Gasteiger partial charge in [0.2, 0.25) is 0 Å². The highest BCUT2D eigenvalue weighted by molar-refractivity contribution is 5.94. The van der Waals surface area contributed by atoms with E-state index in [9.17, 15) is 9.59 Å². The molecule has 0 aromatic heterocycles. The SMILES string of the molecule is CCOC(=O)CCCNC(=O)c1ccc(-c2ccc(C#N)cc2)cc1. The van der Waals surface area contributed by atoms with Crippen molar-refractivity contribution in [3.63, 3.8) is 0 Å². The van der Waals surface area contributed by atoms with E-state index in [1.54, 1.807) is 31.2 Å². The van der Waals surface area contributed by atoms with E-state index >= 15 is 0 Å². The third-order valence-corrected chi connectivity index (χ3v) is 3.64. The summed E-state index contributed by atoms with van der Waals surface area (Å²) in [5.74, 6) is -0.418. The first kappa shape index (κ1) is 18.2. The average Bonchev–Trinajstić information content (AvgIpc) is 2.65. The van der Waals surface area contributed by atoms with E-state index in [1.165, 1.54) is 0 Å². The van der Waals surface area contributed by atoms with Crippen LogP contribution in [0.15, 0.2) is 48.5 Å². The summed E-state index contributed by atoms with van der Waals surface area (Å²) in [4.78, 5) is 23.3. The Labute approximate surface area is 147 Å². The number of nitrogens with one attached hydrogen (secondary N) is 1. The molecule has 0 unspecified atom stereocenters. The van der Waals surface area contributed by atoms with Gasteiger partial charge in [0, 0.05) is 18.5 Å². The van der Waals surface area contributed by atoms with Crippen molar-refractivity contribution in [2.75, 3.05) is 13.2 Å². The molecule has 0 saturated carbocycles. The van der Waals surface area contributed by atoms with Gasteiger partial charge < -0.3 is 10.1 Å². The summed E-state index contributed by atoms with van der Waals surface area (Å²) in [6.07, 6.45) is 0.847. The van der Waals surface area contributed by atoms with Crippen LogP contribution in [0.2, 0.25) is 0 Å². The Morgan fingerprint density at radius 1 is 1.04 bits per heavy atom. The van der Waals surface area contributed by atoms with Crippen molar-refractivity contribution in [3.8, 4) is 17.2 Å². The van der Waals surface area contributed by atoms with E-state index in [0.717, 1.165) is 11.1 Å². The van der Waals surface area contributed by atoms with Gasteiger partial charge in [-0.2, -0.15) is 5.26 Å². The molecule has 0 fully saturated rings. The number of benzene rings is 2. The van der Waals surface area contributed by atoms with Gasteiger partial charge in [-0.1, -0.05) is 24.3 Å². The van der Waals surface area contributed by atoms with Gasteiger partial charge in [-0.15, -0.1) is 0 Å². The van der Waals surface area contributed by atoms with E-state index in [-0.39, 0.29) is 11.9 Å². The normalized spacial score (nSPS) is 9.92. The standard InChI is InChI=1S/C20H20N2O3/c1-2-25-19(23)4-3-13-22-20(24)18-11-9-17(10-12-18)16-7-5-15(14-21)6-8-16/h5-12H,2-4,13H2,1H3,(H,22,24). The molecule has 0 saturated heterocycles. The number of nitriles is 1. The molecule has 0 atom stereocenters. The van der Waals surface area contributed by atoms with Gasteiger partial charge in [0.05, 0.1) is 18.2 Å². The zero-order valence-electron chi connectivity index (χ0n) is 14.1. The van der Waals surface area contributed by atoms with Gasteiger partial charge in [0.15, 0.2) is 0 Å². The van der Waals surface area contributed by atoms with E-state index in [1.807, 2.05) is 24.3 Å². The Balaban J connectivity index is 1.87. The first-order chi connectivity index (χ1) is 12.1. The first-order valence-corrected chi connectivity index (χ1v) is 8.18. The molecule has 0 aliphatic carbocycles. The number of carbonyl (C=O) groups is 2. The summed E-state index contributed by atoms with van der Waals surface area (Å²) in [7, 11) is 0. The molecule has 2 aromatic carbocycles. The van der Waals surface area contributed by atoms with Crippen LogP contribution in [0.5, 0.6) is 0 Å². The smallest absolute Gasteiger partial charge is 0.305 e. The molecule has 1 amide bonds. The number of rotatable bonds is 7. The van der Waals surface area contributed by atoms with Gasteiger partial charge in [-0.25, -0.2) is 0 Å². The molecule has 0 aliphatic heterocycles. The second-order valence-electron chi connectivity index (χ2n) is 5.43. The molecule has 128 valence electrons. The largest absolute Gasteiger partial charge is 0.466 e. The zero-order valence-corrected chi connectivity index (χ0v) is 14.1. The topological polar surface area (TPSA) is 79.2 Å².